The first-order valence-electron chi connectivity index (χ1n) is 4.63. The minimum absolute atomic E-state index is 0.220. The molecule has 84 valence electrons. The highest BCUT2D eigenvalue weighted by molar-refractivity contribution is 9.10. The third-order valence-electron chi connectivity index (χ3n) is 1.67. The summed E-state index contributed by atoms with van der Waals surface area (Å²) in [7, 11) is 0. The monoisotopic (exact) mass is 291 g/mol. The van der Waals surface area contributed by atoms with E-state index in [0.717, 1.165) is 16.3 Å². The fourth-order valence-corrected chi connectivity index (χ4v) is 2.49. The van der Waals surface area contributed by atoms with Crippen molar-refractivity contribution < 1.29 is 4.79 Å². The van der Waals surface area contributed by atoms with Crippen molar-refractivity contribution in [2.75, 3.05) is 18.0 Å². The van der Waals surface area contributed by atoms with Gasteiger partial charge in [0.25, 0.3) is 0 Å². The summed E-state index contributed by atoms with van der Waals surface area (Å²) < 4.78 is 0.792. The zero-order valence-electron chi connectivity index (χ0n) is 8.74. The van der Waals surface area contributed by atoms with Gasteiger partial charge in [0, 0.05) is 11.9 Å². The number of aromatic nitrogens is 1. The van der Waals surface area contributed by atoms with E-state index in [0.29, 0.717) is 5.92 Å². The Kier molecular flexibility index (Phi) is 4.53. The molecule has 0 fully saturated rings. The first-order chi connectivity index (χ1) is 6.99. The van der Waals surface area contributed by atoms with Gasteiger partial charge in [0.15, 0.2) is 5.13 Å². The van der Waals surface area contributed by atoms with Crippen molar-refractivity contribution in [3.05, 3.63) is 9.98 Å². The number of anilines is 1. The Bertz CT molecular complexity index is 340. The fraction of sp³-hybridized carbons (Fsp3) is 0.556. The Morgan fingerprint density at radius 1 is 1.73 bits per heavy atom. The summed E-state index contributed by atoms with van der Waals surface area (Å²) in [6, 6.07) is 0. The van der Waals surface area contributed by atoms with Gasteiger partial charge in [-0.15, -0.1) is 11.3 Å². The lowest BCUT2D eigenvalue weighted by molar-refractivity contribution is -0.116. The quantitative estimate of drug-likeness (QED) is 0.901. The summed E-state index contributed by atoms with van der Waals surface area (Å²) in [5.41, 5.74) is 5.20. The third-order valence-corrected chi connectivity index (χ3v) is 3.28. The molecule has 4 nitrogen and oxygen atoms in total. The molecule has 15 heavy (non-hydrogen) atoms. The molecule has 1 heterocycles. The molecular formula is C9H14BrN3OS. The maximum absolute atomic E-state index is 10.9. The number of nitrogens with two attached hydrogens (primary N) is 1. The standard InChI is InChI=1S/C9H14BrN3OS/c1-6(2)3-13(4-8(11)14)9-12-7(10)5-15-9/h5-6H,3-4H2,1-2H3,(H2,11,14). The predicted molar refractivity (Wildman–Crippen MR) is 66.1 cm³/mol. The fourth-order valence-electron chi connectivity index (χ4n) is 1.23. The second kappa shape index (κ2) is 5.46. The van der Waals surface area contributed by atoms with Gasteiger partial charge in [0.05, 0.1) is 6.54 Å². The second-order valence-corrected chi connectivity index (χ2v) is 5.34. The number of nitrogens with zero attached hydrogens (tertiary/aromatic N) is 2. The molecule has 2 N–H and O–H groups in total. The number of primary amides is 1. The third kappa shape index (κ3) is 4.17. The Labute approximate surface area is 102 Å². The molecule has 6 heteroatoms. The summed E-state index contributed by atoms with van der Waals surface area (Å²) >= 11 is 4.79. The van der Waals surface area contributed by atoms with E-state index >= 15 is 0 Å². The van der Waals surface area contributed by atoms with Crippen LogP contribution in [0, 0.1) is 5.92 Å². The van der Waals surface area contributed by atoms with Crippen LogP contribution in [0.1, 0.15) is 13.8 Å². The van der Waals surface area contributed by atoms with Gasteiger partial charge in [0.2, 0.25) is 5.91 Å². The molecule has 0 saturated carbocycles. The van der Waals surface area contributed by atoms with E-state index in [-0.39, 0.29) is 12.5 Å². The van der Waals surface area contributed by atoms with E-state index in [4.69, 9.17) is 5.73 Å². The molecule has 0 radical (unpaired) electrons. The summed E-state index contributed by atoms with van der Waals surface area (Å²) in [5, 5.41) is 2.72. The second-order valence-electron chi connectivity index (χ2n) is 3.69. The number of carbonyl (C=O) groups is 1. The van der Waals surface area contributed by atoms with Crippen LogP contribution in [0.3, 0.4) is 0 Å². The highest BCUT2D eigenvalue weighted by Crippen LogP contribution is 2.24. The number of hydrogen-bond donors (Lipinski definition) is 1. The van der Waals surface area contributed by atoms with E-state index in [1.807, 2.05) is 10.3 Å². The van der Waals surface area contributed by atoms with Crippen LogP contribution in [0.4, 0.5) is 5.13 Å². The van der Waals surface area contributed by atoms with E-state index in [1.165, 1.54) is 11.3 Å². The van der Waals surface area contributed by atoms with Crippen molar-refractivity contribution in [2.24, 2.45) is 11.7 Å². The molecule has 1 rings (SSSR count). The van der Waals surface area contributed by atoms with Crippen LogP contribution in [-0.2, 0) is 4.79 Å². The Morgan fingerprint density at radius 3 is 2.80 bits per heavy atom. The molecule has 0 aromatic carbocycles. The molecule has 0 spiro atoms. The average molecular weight is 292 g/mol. The van der Waals surface area contributed by atoms with Crippen LogP contribution in [-0.4, -0.2) is 24.0 Å². The number of hydrogen-bond acceptors (Lipinski definition) is 4. The maximum atomic E-state index is 10.9. The lowest BCUT2D eigenvalue weighted by Gasteiger charge is -2.21. The van der Waals surface area contributed by atoms with Gasteiger partial charge in [-0.3, -0.25) is 4.79 Å². The van der Waals surface area contributed by atoms with Crippen molar-refractivity contribution in [1.29, 1.82) is 0 Å². The smallest absolute Gasteiger partial charge is 0.237 e. The topological polar surface area (TPSA) is 59.2 Å². The minimum Gasteiger partial charge on any atom is -0.368 e. The minimum atomic E-state index is -0.332. The van der Waals surface area contributed by atoms with Crippen LogP contribution < -0.4 is 10.6 Å². The summed E-state index contributed by atoms with van der Waals surface area (Å²) in [5.74, 6) is 0.133. The van der Waals surface area contributed by atoms with Crippen molar-refractivity contribution >= 4 is 38.3 Å². The van der Waals surface area contributed by atoms with Gasteiger partial charge in [-0.2, -0.15) is 0 Å². The highest BCUT2D eigenvalue weighted by Gasteiger charge is 2.14. The van der Waals surface area contributed by atoms with Crippen LogP contribution in [0.5, 0.6) is 0 Å². The highest BCUT2D eigenvalue weighted by atomic mass is 79.9. The molecule has 1 amide bonds. The summed E-state index contributed by atoms with van der Waals surface area (Å²) in [6.45, 7) is 5.19. The van der Waals surface area contributed by atoms with E-state index in [2.05, 4.69) is 34.8 Å². The first kappa shape index (κ1) is 12.4. The van der Waals surface area contributed by atoms with Gasteiger partial charge >= 0.3 is 0 Å². The van der Waals surface area contributed by atoms with E-state index < -0.39 is 0 Å². The van der Waals surface area contributed by atoms with Crippen LogP contribution in [0.25, 0.3) is 0 Å². The van der Waals surface area contributed by atoms with Gasteiger partial charge in [-0.05, 0) is 21.8 Å². The molecule has 0 aliphatic rings. The van der Waals surface area contributed by atoms with Crippen LogP contribution >= 0.6 is 27.3 Å². The largest absolute Gasteiger partial charge is 0.368 e. The molecule has 0 bridgehead atoms. The molecule has 1 aromatic rings. The van der Waals surface area contributed by atoms with Crippen molar-refractivity contribution in [3.8, 4) is 0 Å². The zero-order chi connectivity index (χ0) is 11.4. The summed E-state index contributed by atoms with van der Waals surface area (Å²) in [4.78, 5) is 17.1. The van der Waals surface area contributed by atoms with Gasteiger partial charge in [-0.1, -0.05) is 13.8 Å². The van der Waals surface area contributed by atoms with Crippen molar-refractivity contribution in [2.45, 2.75) is 13.8 Å². The lowest BCUT2D eigenvalue weighted by Crippen LogP contribution is -2.36. The summed E-state index contributed by atoms with van der Waals surface area (Å²) in [6.07, 6.45) is 0. The first-order valence-corrected chi connectivity index (χ1v) is 6.30. The van der Waals surface area contributed by atoms with Crippen LogP contribution in [0.15, 0.2) is 9.98 Å². The number of amides is 1. The molecular weight excluding hydrogens is 278 g/mol. The van der Waals surface area contributed by atoms with Gasteiger partial charge in [-0.25, -0.2) is 4.98 Å². The van der Waals surface area contributed by atoms with E-state index in [1.54, 1.807) is 0 Å². The normalized spacial score (nSPS) is 10.7. The zero-order valence-corrected chi connectivity index (χ0v) is 11.1. The van der Waals surface area contributed by atoms with Crippen LogP contribution in [0.2, 0.25) is 0 Å². The molecule has 0 unspecified atom stereocenters. The Morgan fingerprint density at radius 2 is 2.40 bits per heavy atom. The van der Waals surface area contributed by atoms with Crippen molar-refractivity contribution in [1.82, 2.24) is 4.98 Å². The van der Waals surface area contributed by atoms with Gasteiger partial charge < -0.3 is 10.6 Å². The van der Waals surface area contributed by atoms with Crippen molar-refractivity contribution in [3.63, 3.8) is 0 Å². The number of rotatable bonds is 5. The molecule has 0 atom stereocenters. The molecule has 0 aliphatic heterocycles. The predicted octanol–water partition coefficient (Wildman–Crippen LogP) is 1.85. The SMILES string of the molecule is CC(C)CN(CC(N)=O)c1nc(Br)cs1. The number of halogens is 1. The lowest BCUT2D eigenvalue weighted by atomic mass is 10.2. The molecule has 0 saturated heterocycles. The number of carbonyl (C=O) groups excluding carboxylic acids is 1. The van der Waals surface area contributed by atoms with Gasteiger partial charge in [0.1, 0.15) is 4.60 Å². The molecule has 0 aliphatic carbocycles. The number of thiazole rings is 1. The van der Waals surface area contributed by atoms with E-state index in [9.17, 15) is 4.79 Å². The Balaban J connectivity index is 2.75. The maximum Gasteiger partial charge on any atom is 0.237 e. The average Bonchev–Trinajstić information content (AvgIpc) is 2.48. The molecule has 1 aromatic heterocycles. The Hall–Kier alpha value is -0.620.